The normalized spacial score (nSPS) is 19.8. The Morgan fingerprint density at radius 2 is 1.96 bits per heavy atom. The Hall–Kier alpha value is -1.35. The monoisotopic (exact) mass is 376 g/mol. The van der Waals surface area contributed by atoms with Crippen LogP contribution < -0.4 is 16.0 Å². The van der Waals surface area contributed by atoms with Gasteiger partial charge in [-0.05, 0) is 18.8 Å². The number of hydrogen-bond donors (Lipinski definition) is 3. The molecule has 25 heavy (non-hydrogen) atoms. The summed E-state index contributed by atoms with van der Waals surface area (Å²) < 4.78 is 28.2. The molecule has 1 unspecified atom stereocenters. The van der Waals surface area contributed by atoms with Crippen molar-refractivity contribution in [3.05, 3.63) is 0 Å². The first-order valence-corrected chi connectivity index (χ1v) is 10.7. The summed E-state index contributed by atoms with van der Waals surface area (Å²) in [6, 6.07) is -0.252. The van der Waals surface area contributed by atoms with Crippen LogP contribution in [0, 0.1) is 5.92 Å². The number of ether oxygens (including phenoxy) is 1. The number of hydrogen-bond acceptors (Lipinski definition) is 5. The van der Waals surface area contributed by atoms with E-state index in [2.05, 4.69) is 34.8 Å². The minimum absolute atomic E-state index is 0.0478. The first-order valence-electron chi connectivity index (χ1n) is 8.84. The number of sulfone groups is 1. The van der Waals surface area contributed by atoms with Crippen LogP contribution in [0.15, 0.2) is 4.99 Å². The number of guanidine groups is 1. The Bertz CT molecular complexity index is 534. The maximum atomic E-state index is 11.8. The van der Waals surface area contributed by atoms with E-state index in [0.717, 1.165) is 13.0 Å². The van der Waals surface area contributed by atoms with Gasteiger partial charge in [-0.25, -0.2) is 8.42 Å². The lowest BCUT2D eigenvalue weighted by Gasteiger charge is -2.13. The highest BCUT2D eigenvalue weighted by molar-refractivity contribution is 7.91. The molecule has 146 valence electrons. The maximum absolute atomic E-state index is 11.8. The van der Waals surface area contributed by atoms with Crippen LogP contribution in [0.3, 0.4) is 0 Å². The van der Waals surface area contributed by atoms with Gasteiger partial charge in [0.2, 0.25) is 5.91 Å². The summed E-state index contributed by atoms with van der Waals surface area (Å²) in [4.78, 5) is 15.9. The average molecular weight is 377 g/mol. The smallest absolute Gasteiger partial charge is 0.222 e. The first kappa shape index (κ1) is 21.7. The van der Waals surface area contributed by atoms with E-state index < -0.39 is 9.84 Å². The van der Waals surface area contributed by atoms with Gasteiger partial charge in [0.1, 0.15) is 0 Å². The lowest BCUT2D eigenvalue weighted by Crippen LogP contribution is -2.42. The Morgan fingerprint density at radius 3 is 2.56 bits per heavy atom. The predicted molar refractivity (Wildman–Crippen MR) is 99.5 cm³/mol. The summed E-state index contributed by atoms with van der Waals surface area (Å²) in [5, 5.41) is 8.94. The minimum Gasteiger partial charge on any atom is -0.380 e. The lowest BCUT2D eigenvalue weighted by molar-refractivity contribution is -0.121. The summed E-state index contributed by atoms with van der Waals surface area (Å²) in [6.45, 7) is 6.75. The molecule has 1 rings (SSSR count). The number of nitrogens with one attached hydrogen (secondary N) is 3. The van der Waals surface area contributed by atoms with Gasteiger partial charge in [0.05, 0.1) is 18.1 Å². The zero-order valence-corrected chi connectivity index (χ0v) is 16.3. The molecule has 1 aliphatic rings. The summed E-state index contributed by atoms with van der Waals surface area (Å²) in [5.74, 6) is 1.31. The van der Waals surface area contributed by atoms with Crippen molar-refractivity contribution >= 4 is 21.7 Å². The maximum Gasteiger partial charge on any atom is 0.222 e. The van der Waals surface area contributed by atoms with Crippen LogP contribution in [0.2, 0.25) is 0 Å². The minimum atomic E-state index is -2.97. The first-order chi connectivity index (χ1) is 11.8. The molecular weight excluding hydrogens is 344 g/mol. The third-order valence-electron chi connectivity index (χ3n) is 3.84. The molecular formula is C16H32N4O4S. The van der Waals surface area contributed by atoms with Gasteiger partial charge < -0.3 is 20.7 Å². The summed E-state index contributed by atoms with van der Waals surface area (Å²) in [6.07, 6.45) is 1.81. The molecule has 0 aromatic heterocycles. The van der Waals surface area contributed by atoms with Crippen LogP contribution in [-0.2, 0) is 19.4 Å². The fourth-order valence-electron chi connectivity index (χ4n) is 2.39. The third kappa shape index (κ3) is 10.3. The zero-order chi connectivity index (χ0) is 18.7. The summed E-state index contributed by atoms with van der Waals surface area (Å²) >= 11 is 0. The van der Waals surface area contributed by atoms with Gasteiger partial charge in [-0.15, -0.1) is 0 Å². The molecule has 3 N–H and O–H groups in total. The Morgan fingerprint density at radius 1 is 1.24 bits per heavy atom. The van der Waals surface area contributed by atoms with E-state index in [1.165, 1.54) is 0 Å². The predicted octanol–water partition coefficient (Wildman–Crippen LogP) is -0.0925. The number of nitrogens with zero attached hydrogens (tertiary/aromatic N) is 1. The van der Waals surface area contributed by atoms with Crippen LogP contribution in [0.5, 0.6) is 0 Å². The highest BCUT2D eigenvalue weighted by Gasteiger charge is 2.28. The quantitative estimate of drug-likeness (QED) is 0.279. The van der Waals surface area contributed by atoms with Crippen molar-refractivity contribution in [3.63, 3.8) is 0 Å². The second-order valence-electron chi connectivity index (χ2n) is 6.64. The number of carbonyl (C=O) groups excluding carboxylic acids is 1. The van der Waals surface area contributed by atoms with Crippen molar-refractivity contribution in [2.24, 2.45) is 10.9 Å². The van der Waals surface area contributed by atoms with Crippen LogP contribution in [0.25, 0.3) is 0 Å². The molecule has 1 fully saturated rings. The van der Waals surface area contributed by atoms with Crippen molar-refractivity contribution in [2.75, 3.05) is 44.9 Å². The van der Waals surface area contributed by atoms with Gasteiger partial charge >= 0.3 is 0 Å². The molecule has 1 heterocycles. The van der Waals surface area contributed by atoms with Crippen molar-refractivity contribution < 1.29 is 17.9 Å². The van der Waals surface area contributed by atoms with Gasteiger partial charge in [0.25, 0.3) is 0 Å². The van der Waals surface area contributed by atoms with Crippen molar-refractivity contribution in [1.29, 1.82) is 0 Å². The lowest BCUT2D eigenvalue weighted by atomic mass is 10.1. The van der Waals surface area contributed by atoms with Gasteiger partial charge in [-0.3, -0.25) is 9.79 Å². The molecule has 0 aromatic carbocycles. The Balaban J connectivity index is 2.09. The van der Waals surface area contributed by atoms with E-state index in [0.29, 0.717) is 38.0 Å². The van der Waals surface area contributed by atoms with Gasteiger partial charge in [0.15, 0.2) is 15.8 Å². The second kappa shape index (κ2) is 11.3. The van der Waals surface area contributed by atoms with Crippen molar-refractivity contribution in [1.82, 2.24) is 16.0 Å². The molecule has 1 amide bonds. The standard InChI is InChI=1S/C16H32N4O4S/c1-13(2)5-9-24-10-8-19-16(17-3)18-7-4-15(21)20-14-6-11-25(22,23)12-14/h13-14H,4-12H2,1-3H3,(H,20,21)(H2,17,18,19). The largest absolute Gasteiger partial charge is 0.380 e. The van der Waals surface area contributed by atoms with Gasteiger partial charge in [-0.2, -0.15) is 0 Å². The molecule has 0 spiro atoms. The molecule has 0 aromatic rings. The topological polar surface area (TPSA) is 109 Å². The number of rotatable bonds is 10. The van der Waals surface area contributed by atoms with E-state index in [1.807, 2.05) is 0 Å². The van der Waals surface area contributed by atoms with Gasteiger partial charge in [0, 0.05) is 39.2 Å². The third-order valence-corrected chi connectivity index (χ3v) is 5.61. The van der Waals surface area contributed by atoms with Crippen LogP contribution >= 0.6 is 0 Å². The summed E-state index contributed by atoms with van der Waals surface area (Å²) in [5.41, 5.74) is 0. The molecule has 1 saturated heterocycles. The van der Waals surface area contributed by atoms with Gasteiger partial charge in [-0.1, -0.05) is 13.8 Å². The molecule has 0 bridgehead atoms. The number of carbonyl (C=O) groups is 1. The fraction of sp³-hybridized carbons (Fsp3) is 0.875. The van der Waals surface area contributed by atoms with E-state index in [4.69, 9.17) is 4.74 Å². The van der Waals surface area contributed by atoms with Crippen LogP contribution in [0.4, 0.5) is 0 Å². The molecule has 9 heteroatoms. The highest BCUT2D eigenvalue weighted by Crippen LogP contribution is 2.11. The van der Waals surface area contributed by atoms with Crippen LogP contribution in [-0.4, -0.2) is 71.2 Å². The molecule has 0 saturated carbocycles. The van der Waals surface area contributed by atoms with Crippen molar-refractivity contribution in [3.8, 4) is 0 Å². The zero-order valence-electron chi connectivity index (χ0n) is 15.5. The van der Waals surface area contributed by atoms with E-state index in [1.54, 1.807) is 7.05 Å². The summed E-state index contributed by atoms with van der Waals surface area (Å²) in [7, 11) is -1.31. The molecule has 0 radical (unpaired) electrons. The van der Waals surface area contributed by atoms with Crippen LogP contribution in [0.1, 0.15) is 33.1 Å². The molecule has 1 atom stereocenters. The highest BCUT2D eigenvalue weighted by atomic mass is 32.2. The van der Waals surface area contributed by atoms with E-state index in [-0.39, 0.29) is 29.9 Å². The number of amides is 1. The molecule has 8 nitrogen and oxygen atoms in total. The molecule has 1 aliphatic heterocycles. The SMILES string of the molecule is CN=C(NCCOCCC(C)C)NCCC(=O)NC1CCS(=O)(=O)C1. The van der Waals surface area contributed by atoms with Crippen molar-refractivity contribution in [2.45, 2.75) is 39.2 Å². The van der Waals surface area contributed by atoms with E-state index >= 15 is 0 Å². The van der Waals surface area contributed by atoms with E-state index in [9.17, 15) is 13.2 Å². The fourth-order valence-corrected chi connectivity index (χ4v) is 4.06. The number of aliphatic imine (C=N–C) groups is 1. The average Bonchev–Trinajstić information content (AvgIpc) is 2.87. The second-order valence-corrected chi connectivity index (χ2v) is 8.87. The Labute approximate surface area is 151 Å². The molecule has 0 aliphatic carbocycles. The Kier molecular flexibility index (Phi) is 9.81.